The molecular formula is C13H19NO2S. The largest absolute Gasteiger partial charge is 0.383 e. The van der Waals surface area contributed by atoms with Crippen LogP contribution >= 0.6 is 11.8 Å². The predicted octanol–water partition coefficient (Wildman–Crippen LogP) is 1.99. The van der Waals surface area contributed by atoms with Gasteiger partial charge in [-0.1, -0.05) is 24.3 Å². The van der Waals surface area contributed by atoms with Crippen molar-refractivity contribution in [2.24, 2.45) is 0 Å². The average Bonchev–Trinajstić information content (AvgIpc) is 2.32. The lowest BCUT2D eigenvalue weighted by atomic mass is 10.1. The molecule has 0 saturated carbocycles. The number of carbonyl (C=O) groups excluding carboxylic acids is 1. The van der Waals surface area contributed by atoms with Gasteiger partial charge in [-0.3, -0.25) is 4.79 Å². The normalized spacial score (nSPS) is 10.2. The number of carbonyl (C=O) groups is 1. The van der Waals surface area contributed by atoms with E-state index in [1.807, 2.05) is 12.1 Å². The third kappa shape index (κ3) is 5.75. The molecule has 0 spiro atoms. The third-order valence-corrected chi connectivity index (χ3v) is 3.36. The fraction of sp³-hybridized carbons (Fsp3) is 0.462. The lowest BCUT2D eigenvalue weighted by Gasteiger charge is -2.06. The summed E-state index contributed by atoms with van der Waals surface area (Å²) in [7, 11) is 1.62. The first-order chi connectivity index (χ1) is 8.24. The fourth-order valence-electron chi connectivity index (χ4n) is 1.37. The lowest BCUT2D eigenvalue weighted by molar-refractivity contribution is -0.118. The standard InChI is InChI=1S/C13H19NO2S/c1-11-5-3-4-6-12(11)9-17-10-13(15)14-7-8-16-2/h3-6H,7-10H2,1-2H3,(H,14,15). The van der Waals surface area contributed by atoms with Gasteiger partial charge in [0.2, 0.25) is 5.91 Å². The average molecular weight is 253 g/mol. The van der Waals surface area contributed by atoms with Crippen LogP contribution in [-0.2, 0) is 15.3 Å². The Kier molecular flexibility index (Phi) is 6.74. The molecule has 1 N–H and O–H groups in total. The molecule has 0 aliphatic rings. The Balaban J connectivity index is 2.19. The van der Waals surface area contributed by atoms with E-state index < -0.39 is 0 Å². The molecule has 0 heterocycles. The van der Waals surface area contributed by atoms with Crippen LogP contribution in [-0.4, -0.2) is 31.9 Å². The Morgan fingerprint density at radius 3 is 2.88 bits per heavy atom. The molecule has 0 saturated heterocycles. The highest BCUT2D eigenvalue weighted by atomic mass is 32.2. The van der Waals surface area contributed by atoms with Crippen molar-refractivity contribution in [3.05, 3.63) is 35.4 Å². The van der Waals surface area contributed by atoms with Crippen molar-refractivity contribution in [3.63, 3.8) is 0 Å². The van der Waals surface area contributed by atoms with Gasteiger partial charge in [0.05, 0.1) is 12.4 Å². The molecule has 17 heavy (non-hydrogen) atoms. The zero-order valence-corrected chi connectivity index (χ0v) is 11.2. The maximum Gasteiger partial charge on any atom is 0.230 e. The molecular weight excluding hydrogens is 234 g/mol. The van der Waals surface area contributed by atoms with Crippen molar-refractivity contribution < 1.29 is 9.53 Å². The summed E-state index contributed by atoms with van der Waals surface area (Å²) in [6, 6.07) is 8.25. The number of hydrogen-bond donors (Lipinski definition) is 1. The highest BCUT2D eigenvalue weighted by Crippen LogP contribution is 2.15. The number of nitrogens with one attached hydrogen (secondary N) is 1. The van der Waals surface area contributed by atoms with Crippen LogP contribution in [0.15, 0.2) is 24.3 Å². The van der Waals surface area contributed by atoms with Gasteiger partial charge in [-0.05, 0) is 18.1 Å². The van der Waals surface area contributed by atoms with E-state index in [0.717, 1.165) is 5.75 Å². The van der Waals surface area contributed by atoms with Crippen molar-refractivity contribution in [2.45, 2.75) is 12.7 Å². The van der Waals surface area contributed by atoms with E-state index in [1.165, 1.54) is 11.1 Å². The molecule has 0 aliphatic heterocycles. The van der Waals surface area contributed by atoms with Gasteiger partial charge in [0.15, 0.2) is 0 Å². The first-order valence-electron chi connectivity index (χ1n) is 5.62. The van der Waals surface area contributed by atoms with Crippen LogP contribution < -0.4 is 5.32 Å². The van der Waals surface area contributed by atoms with E-state index in [-0.39, 0.29) is 5.91 Å². The molecule has 1 aromatic rings. The minimum absolute atomic E-state index is 0.0700. The summed E-state index contributed by atoms with van der Waals surface area (Å²) in [5.41, 5.74) is 2.57. The summed E-state index contributed by atoms with van der Waals surface area (Å²) < 4.78 is 4.86. The molecule has 1 aromatic carbocycles. The van der Waals surface area contributed by atoms with Gasteiger partial charge in [0.1, 0.15) is 0 Å². The zero-order valence-electron chi connectivity index (χ0n) is 10.4. The second-order valence-corrected chi connectivity index (χ2v) is 4.75. The van der Waals surface area contributed by atoms with E-state index in [0.29, 0.717) is 18.9 Å². The second-order valence-electron chi connectivity index (χ2n) is 3.76. The second kappa shape index (κ2) is 8.14. The minimum atomic E-state index is 0.0700. The van der Waals surface area contributed by atoms with Gasteiger partial charge in [0.25, 0.3) is 0 Å². The van der Waals surface area contributed by atoms with E-state index >= 15 is 0 Å². The summed E-state index contributed by atoms with van der Waals surface area (Å²) >= 11 is 1.63. The summed E-state index contributed by atoms with van der Waals surface area (Å²) in [5.74, 6) is 1.45. The van der Waals surface area contributed by atoms with Gasteiger partial charge in [-0.15, -0.1) is 11.8 Å². The molecule has 1 amide bonds. The quantitative estimate of drug-likeness (QED) is 0.755. The summed E-state index contributed by atoms with van der Waals surface area (Å²) in [4.78, 5) is 11.4. The monoisotopic (exact) mass is 253 g/mol. The molecule has 0 aromatic heterocycles. The van der Waals surface area contributed by atoms with Crippen LogP contribution in [0.2, 0.25) is 0 Å². The van der Waals surface area contributed by atoms with E-state index in [9.17, 15) is 4.79 Å². The minimum Gasteiger partial charge on any atom is -0.383 e. The van der Waals surface area contributed by atoms with E-state index in [4.69, 9.17) is 4.74 Å². The molecule has 0 radical (unpaired) electrons. The van der Waals surface area contributed by atoms with Gasteiger partial charge in [0, 0.05) is 19.4 Å². The number of ether oxygens (including phenoxy) is 1. The molecule has 0 unspecified atom stereocenters. The van der Waals surface area contributed by atoms with Crippen LogP contribution in [0.1, 0.15) is 11.1 Å². The van der Waals surface area contributed by atoms with Gasteiger partial charge >= 0.3 is 0 Å². The van der Waals surface area contributed by atoms with Crippen molar-refractivity contribution in [3.8, 4) is 0 Å². The van der Waals surface area contributed by atoms with Crippen molar-refractivity contribution in [1.29, 1.82) is 0 Å². The molecule has 4 heteroatoms. The SMILES string of the molecule is COCCNC(=O)CSCc1ccccc1C. The zero-order chi connectivity index (χ0) is 12.5. The molecule has 0 atom stereocenters. The number of benzene rings is 1. The van der Waals surface area contributed by atoms with E-state index in [2.05, 4.69) is 24.4 Å². The Hall–Kier alpha value is -1.00. The fourth-order valence-corrected chi connectivity index (χ4v) is 2.30. The number of methoxy groups -OCH3 is 1. The van der Waals surface area contributed by atoms with Crippen LogP contribution in [0.4, 0.5) is 0 Å². The highest BCUT2D eigenvalue weighted by molar-refractivity contribution is 7.99. The van der Waals surface area contributed by atoms with Gasteiger partial charge < -0.3 is 10.1 Å². The Bertz CT molecular complexity index is 355. The first kappa shape index (κ1) is 14.1. The number of amides is 1. The molecule has 0 bridgehead atoms. The molecule has 0 fully saturated rings. The molecule has 1 rings (SSSR count). The molecule has 3 nitrogen and oxygen atoms in total. The Morgan fingerprint density at radius 2 is 2.18 bits per heavy atom. The van der Waals surface area contributed by atoms with Crippen molar-refractivity contribution in [2.75, 3.05) is 26.0 Å². The number of aryl methyl sites for hydroxylation is 1. The van der Waals surface area contributed by atoms with Gasteiger partial charge in [-0.2, -0.15) is 0 Å². The van der Waals surface area contributed by atoms with Crippen LogP contribution in [0.5, 0.6) is 0 Å². The topological polar surface area (TPSA) is 38.3 Å². The van der Waals surface area contributed by atoms with Crippen molar-refractivity contribution in [1.82, 2.24) is 5.32 Å². The van der Waals surface area contributed by atoms with E-state index in [1.54, 1.807) is 18.9 Å². The highest BCUT2D eigenvalue weighted by Gasteiger charge is 2.02. The predicted molar refractivity (Wildman–Crippen MR) is 72.2 cm³/mol. The summed E-state index contributed by atoms with van der Waals surface area (Å²) in [5, 5.41) is 2.80. The summed E-state index contributed by atoms with van der Waals surface area (Å²) in [6.07, 6.45) is 0. The smallest absolute Gasteiger partial charge is 0.230 e. The maximum absolute atomic E-state index is 11.4. The Morgan fingerprint density at radius 1 is 1.41 bits per heavy atom. The van der Waals surface area contributed by atoms with Crippen molar-refractivity contribution >= 4 is 17.7 Å². The number of rotatable bonds is 7. The van der Waals surface area contributed by atoms with Crippen LogP contribution in [0.3, 0.4) is 0 Å². The third-order valence-electron chi connectivity index (χ3n) is 2.38. The summed E-state index contributed by atoms with van der Waals surface area (Å²) in [6.45, 7) is 3.24. The first-order valence-corrected chi connectivity index (χ1v) is 6.77. The lowest BCUT2D eigenvalue weighted by Crippen LogP contribution is -2.28. The molecule has 0 aliphatic carbocycles. The van der Waals surface area contributed by atoms with Crippen LogP contribution in [0, 0.1) is 6.92 Å². The molecule has 94 valence electrons. The maximum atomic E-state index is 11.4. The Labute approximate surface area is 107 Å². The van der Waals surface area contributed by atoms with Gasteiger partial charge in [-0.25, -0.2) is 0 Å². The number of thioether (sulfide) groups is 1. The van der Waals surface area contributed by atoms with Crippen LogP contribution in [0.25, 0.3) is 0 Å². The number of hydrogen-bond acceptors (Lipinski definition) is 3.